The average molecular weight is 553 g/mol. The van der Waals surface area contributed by atoms with E-state index in [-0.39, 0.29) is 24.3 Å². The SMILES string of the molecule is CC(C)[C@H](N)CO.O=C(O)c1nn(-c2ccc(Cl)cc2Cl)c2c1CCCC[C@H]2Cc1cccc(Cl)c1. The van der Waals surface area contributed by atoms with Gasteiger partial charge < -0.3 is 15.9 Å². The third-order valence-electron chi connectivity index (χ3n) is 6.42. The van der Waals surface area contributed by atoms with Crippen LogP contribution in [0.4, 0.5) is 0 Å². The minimum absolute atomic E-state index is 0.0417. The van der Waals surface area contributed by atoms with E-state index in [1.165, 1.54) is 0 Å². The monoisotopic (exact) mass is 551 g/mol. The third-order valence-corrected chi connectivity index (χ3v) is 7.19. The van der Waals surface area contributed by atoms with Crippen LogP contribution in [0.5, 0.6) is 0 Å². The number of nitrogens with two attached hydrogens (primary N) is 1. The zero-order chi connectivity index (χ0) is 26.4. The van der Waals surface area contributed by atoms with E-state index in [1.807, 2.05) is 38.1 Å². The third kappa shape index (κ3) is 7.02. The molecule has 2 aromatic carbocycles. The van der Waals surface area contributed by atoms with Gasteiger partial charge in [0.05, 0.1) is 23.0 Å². The minimum Gasteiger partial charge on any atom is -0.476 e. The van der Waals surface area contributed by atoms with Crippen molar-refractivity contribution in [1.29, 1.82) is 0 Å². The summed E-state index contributed by atoms with van der Waals surface area (Å²) in [6.45, 7) is 4.07. The van der Waals surface area contributed by atoms with Crippen molar-refractivity contribution in [2.45, 2.75) is 57.9 Å². The molecule has 1 aliphatic rings. The summed E-state index contributed by atoms with van der Waals surface area (Å²) in [7, 11) is 0. The van der Waals surface area contributed by atoms with Gasteiger partial charge in [-0.15, -0.1) is 0 Å². The fourth-order valence-corrected chi connectivity index (χ4v) is 5.03. The topological polar surface area (TPSA) is 101 Å². The van der Waals surface area contributed by atoms with Gasteiger partial charge in [-0.25, -0.2) is 9.48 Å². The van der Waals surface area contributed by atoms with Gasteiger partial charge in [0, 0.05) is 27.6 Å². The van der Waals surface area contributed by atoms with Crippen LogP contribution in [0, 0.1) is 5.92 Å². The molecule has 0 amide bonds. The van der Waals surface area contributed by atoms with E-state index in [0.29, 0.717) is 33.1 Å². The first-order valence-corrected chi connectivity index (χ1v) is 13.2. The number of aromatic carboxylic acids is 1. The molecule has 0 saturated heterocycles. The normalized spacial score (nSPS) is 16.1. The van der Waals surface area contributed by atoms with Crippen molar-refractivity contribution in [3.8, 4) is 5.69 Å². The molecule has 1 aromatic heterocycles. The molecule has 4 rings (SSSR count). The molecular weight excluding hydrogens is 521 g/mol. The molecule has 1 heterocycles. The van der Waals surface area contributed by atoms with Crippen LogP contribution < -0.4 is 5.73 Å². The van der Waals surface area contributed by atoms with Crippen LogP contribution in [0.2, 0.25) is 15.1 Å². The van der Waals surface area contributed by atoms with Crippen molar-refractivity contribution in [3.63, 3.8) is 0 Å². The van der Waals surface area contributed by atoms with Crippen LogP contribution in [-0.4, -0.2) is 38.6 Å². The molecule has 0 radical (unpaired) electrons. The molecule has 194 valence electrons. The van der Waals surface area contributed by atoms with Crippen molar-refractivity contribution in [1.82, 2.24) is 9.78 Å². The Balaban J connectivity index is 0.000000454. The molecule has 0 unspecified atom stereocenters. The largest absolute Gasteiger partial charge is 0.476 e. The minimum atomic E-state index is -1.02. The summed E-state index contributed by atoms with van der Waals surface area (Å²) in [5, 5.41) is 24.3. The van der Waals surface area contributed by atoms with Gasteiger partial charge in [0.1, 0.15) is 0 Å². The number of rotatable bonds is 6. The number of hydrogen-bond donors (Lipinski definition) is 3. The van der Waals surface area contributed by atoms with Crippen LogP contribution in [0.25, 0.3) is 5.69 Å². The van der Waals surface area contributed by atoms with Gasteiger partial charge in [-0.3, -0.25) is 0 Å². The maximum Gasteiger partial charge on any atom is 0.356 e. The second kappa shape index (κ2) is 12.9. The first-order chi connectivity index (χ1) is 17.1. The number of halogens is 3. The summed E-state index contributed by atoms with van der Waals surface area (Å²) < 4.78 is 1.71. The molecular formula is C27H32Cl3N3O3. The Morgan fingerprint density at radius 1 is 1.14 bits per heavy atom. The van der Waals surface area contributed by atoms with E-state index in [4.69, 9.17) is 45.6 Å². The Hall–Kier alpha value is -2.09. The second-order valence-electron chi connectivity index (χ2n) is 9.39. The van der Waals surface area contributed by atoms with Gasteiger partial charge in [0.25, 0.3) is 0 Å². The highest BCUT2D eigenvalue weighted by Gasteiger charge is 2.31. The highest BCUT2D eigenvalue weighted by Crippen LogP contribution is 2.38. The molecule has 9 heteroatoms. The van der Waals surface area contributed by atoms with E-state index in [0.717, 1.165) is 42.5 Å². The summed E-state index contributed by atoms with van der Waals surface area (Å²) in [6, 6.07) is 12.9. The fourth-order valence-electron chi connectivity index (χ4n) is 4.32. The van der Waals surface area contributed by atoms with E-state index in [2.05, 4.69) is 5.10 Å². The Morgan fingerprint density at radius 3 is 2.44 bits per heavy atom. The number of aliphatic hydroxyl groups is 1. The highest BCUT2D eigenvalue weighted by atomic mass is 35.5. The second-order valence-corrected chi connectivity index (χ2v) is 10.7. The lowest BCUT2D eigenvalue weighted by Gasteiger charge is -2.19. The first-order valence-electron chi connectivity index (χ1n) is 12.0. The Morgan fingerprint density at radius 2 is 1.86 bits per heavy atom. The standard InChI is InChI=1S/C22H19Cl3N2O2.C5H13NO/c23-15-6-3-4-13(11-15)10-14-5-1-2-7-17-20(22(28)29)26-27(21(14)17)19-9-8-16(24)12-18(19)25;1-4(2)5(6)3-7/h3-4,6,8-9,11-12,14H,1-2,5,7,10H2,(H,28,29);4-5,7H,3,6H2,1-2H3/t14-;5-/m01/s1. The lowest BCUT2D eigenvalue weighted by Crippen LogP contribution is -2.29. The Labute approximate surface area is 227 Å². The number of carboxylic acids is 1. The smallest absolute Gasteiger partial charge is 0.356 e. The van der Waals surface area contributed by atoms with E-state index in [1.54, 1.807) is 22.9 Å². The van der Waals surface area contributed by atoms with Gasteiger partial charge in [-0.05, 0) is 67.5 Å². The van der Waals surface area contributed by atoms with Crippen LogP contribution in [0.1, 0.15) is 66.3 Å². The molecule has 1 aliphatic carbocycles. The van der Waals surface area contributed by atoms with E-state index >= 15 is 0 Å². The van der Waals surface area contributed by atoms with Crippen LogP contribution in [0.3, 0.4) is 0 Å². The molecule has 0 bridgehead atoms. The molecule has 0 spiro atoms. The first kappa shape index (κ1) is 28.5. The van der Waals surface area contributed by atoms with Gasteiger partial charge in [0.15, 0.2) is 5.69 Å². The Bertz CT molecular complexity index is 1200. The van der Waals surface area contributed by atoms with E-state index < -0.39 is 5.97 Å². The summed E-state index contributed by atoms with van der Waals surface area (Å²) in [6.07, 6.45) is 4.33. The summed E-state index contributed by atoms with van der Waals surface area (Å²) >= 11 is 18.7. The maximum atomic E-state index is 11.9. The molecule has 4 N–H and O–H groups in total. The van der Waals surface area contributed by atoms with Crippen molar-refractivity contribution in [3.05, 3.63) is 80.0 Å². The molecule has 2 atom stereocenters. The van der Waals surface area contributed by atoms with Crippen LogP contribution in [-0.2, 0) is 12.8 Å². The van der Waals surface area contributed by atoms with Gasteiger partial charge in [0.2, 0.25) is 0 Å². The van der Waals surface area contributed by atoms with E-state index in [9.17, 15) is 9.90 Å². The van der Waals surface area contributed by atoms with Crippen LogP contribution in [0.15, 0.2) is 42.5 Å². The lowest BCUT2D eigenvalue weighted by molar-refractivity contribution is 0.0688. The number of fused-ring (bicyclic) bond motifs is 1. The summed E-state index contributed by atoms with van der Waals surface area (Å²) in [5.41, 5.74) is 8.94. The summed E-state index contributed by atoms with van der Waals surface area (Å²) in [5.74, 6) is -0.517. The zero-order valence-electron chi connectivity index (χ0n) is 20.4. The molecule has 3 aromatic rings. The Kier molecular flexibility index (Phi) is 10.2. The number of carbonyl (C=O) groups is 1. The molecule has 6 nitrogen and oxygen atoms in total. The maximum absolute atomic E-state index is 11.9. The highest BCUT2D eigenvalue weighted by molar-refractivity contribution is 6.35. The molecule has 0 aliphatic heterocycles. The zero-order valence-corrected chi connectivity index (χ0v) is 22.7. The average Bonchev–Trinajstić information content (AvgIpc) is 3.08. The predicted octanol–water partition coefficient (Wildman–Crippen LogP) is 6.55. The van der Waals surface area contributed by atoms with Crippen molar-refractivity contribution < 1.29 is 15.0 Å². The number of nitrogens with zero attached hydrogens (tertiary/aromatic N) is 2. The predicted molar refractivity (Wildman–Crippen MR) is 146 cm³/mol. The van der Waals surface area contributed by atoms with Gasteiger partial charge in [-0.2, -0.15) is 5.10 Å². The quantitative estimate of drug-likeness (QED) is 0.301. The number of benzene rings is 2. The van der Waals surface area contributed by atoms with Crippen molar-refractivity contribution >= 4 is 40.8 Å². The molecule has 0 fully saturated rings. The number of aromatic nitrogens is 2. The van der Waals surface area contributed by atoms with Gasteiger partial charge >= 0.3 is 5.97 Å². The molecule has 36 heavy (non-hydrogen) atoms. The van der Waals surface area contributed by atoms with Crippen molar-refractivity contribution in [2.75, 3.05) is 6.61 Å². The number of carboxylic acid groups (broad SMARTS) is 1. The lowest BCUT2D eigenvalue weighted by atomic mass is 9.91. The number of aliphatic hydroxyl groups excluding tert-OH is 1. The molecule has 0 saturated carbocycles. The summed E-state index contributed by atoms with van der Waals surface area (Å²) in [4.78, 5) is 11.9. The fraction of sp³-hybridized carbons (Fsp3) is 0.407. The van der Waals surface area contributed by atoms with Gasteiger partial charge in [-0.1, -0.05) is 67.2 Å². The van der Waals surface area contributed by atoms with Crippen molar-refractivity contribution in [2.24, 2.45) is 11.7 Å². The number of hydrogen-bond acceptors (Lipinski definition) is 4. The van der Waals surface area contributed by atoms with Crippen LogP contribution >= 0.6 is 34.8 Å².